The quantitative estimate of drug-likeness (QED) is 0.839. The van der Waals surface area contributed by atoms with E-state index in [1.807, 2.05) is 32.0 Å². The predicted molar refractivity (Wildman–Crippen MR) is 90.7 cm³/mol. The summed E-state index contributed by atoms with van der Waals surface area (Å²) in [7, 11) is 0. The van der Waals surface area contributed by atoms with Gasteiger partial charge in [-0.05, 0) is 36.6 Å². The maximum atomic E-state index is 12.9. The Morgan fingerprint density at radius 2 is 1.96 bits per heavy atom. The molecule has 0 unspecified atom stereocenters. The van der Waals surface area contributed by atoms with E-state index >= 15 is 0 Å². The highest BCUT2D eigenvalue weighted by atomic mass is 19.3. The SMILES string of the molecule is Cc1ccc(CN2CCN(C(=O)c3ccnn3C(F)F)CC2=O)cc1C. The maximum Gasteiger partial charge on any atom is 0.333 e. The summed E-state index contributed by atoms with van der Waals surface area (Å²) in [5.74, 6) is -0.812. The molecule has 138 valence electrons. The normalized spacial score (nSPS) is 15.0. The van der Waals surface area contributed by atoms with E-state index in [2.05, 4.69) is 5.10 Å². The Morgan fingerprint density at radius 3 is 2.62 bits per heavy atom. The van der Waals surface area contributed by atoms with E-state index in [1.54, 1.807) is 4.90 Å². The van der Waals surface area contributed by atoms with Gasteiger partial charge in [0.2, 0.25) is 5.91 Å². The maximum absolute atomic E-state index is 12.9. The van der Waals surface area contributed by atoms with E-state index in [1.165, 1.54) is 16.5 Å². The van der Waals surface area contributed by atoms with E-state index in [4.69, 9.17) is 0 Å². The van der Waals surface area contributed by atoms with Gasteiger partial charge in [-0.2, -0.15) is 18.6 Å². The number of nitrogens with zero attached hydrogens (tertiary/aromatic N) is 4. The molecule has 2 amide bonds. The first-order valence-electron chi connectivity index (χ1n) is 8.31. The molecule has 1 aromatic carbocycles. The number of carbonyl (C=O) groups excluding carboxylic acids is 2. The molecule has 1 fully saturated rings. The van der Waals surface area contributed by atoms with Crippen molar-refractivity contribution in [3.05, 3.63) is 52.8 Å². The van der Waals surface area contributed by atoms with Crippen molar-refractivity contribution >= 4 is 11.8 Å². The highest BCUT2D eigenvalue weighted by Crippen LogP contribution is 2.17. The topological polar surface area (TPSA) is 58.4 Å². The van der Waals surface area contributed by atoms with Crippen molar-refractivity contribution in [3.8, 4) is 0 Å². The number of alkyl halides is 2. The van der Waals surface area contributed by atoms with Gasteiger partial charge in [0.1, 0.15) is 12.2 Å². The molecule has 1 aliphatic rings. The molecule has 6 nitrogen and oxygen atoms in total. The van der Waals surface area contributed by atoms with Crippen LogP contribution < -0.4 is 0 Å². The first-order chi connectivity index (χ1) is 12.4. The van der Waals surface area contributed by atoms with Gasteiger partial charge in [-0.15, -0.1) is 0 Å². The molecule has 2 aromatic rings. The van der Waals surface area contributed by atoms with E-state index in [9.17, 15) is 18.4 Å². The zero-order valence-electron chi connectivity index (χ0n) is 14.7. The number of halogens is 2. The van der Waals surface area contributed by atoms with Gasteiger partial charge in [-0.1, -0.05) is 18.2 Å². The highest BCUT2D eigenvalue weighted by Gasteiger charge is 2.30. The number of hydrogen-bond donors (Lipinski definition) is 0. The number of aromatic nitrogens is 2. The summed E-state index contributed by atoms with van der Waals surface area (Å²) in [5, 5.41) is 3.46. The smallest absolute Gasteiger partial charge is 0.333 e. The monoisotopic (exact) mass is 362 g/mol. The Hall–Kier alpha value is -2.77. The molecular weight excluding hydrogens is 342 g/mol. The Morgan fingerprint density at radius 1 is 1.19 bits per heavy atom. The van der Waals surface area contributed by atoms with Gasteiger partial charge in [0.25, 0.3) is 5.91 Å². The van der Waals surface area contributed by atoms with Gasteiger partial charge in [0.15, 0.2) is 0 Å². The van der Waals surface area contributed by atoms with Crippen LogP contribution in [0, 0.1) is 13.8 Å². The summed E-state index contributed by atoms with van der Waals surface area (Å²) in [4.78, 5) is 27.8. The first kappa shape index (κ1) is 18.0. The van der Waals surface area contributed by atoms with Crippen LogP contribution in [0.2, 0.25) is 0 Å². The zero-order valence-corrected chi connectivity index (χ0v) is 14.7. The molecule has 1 aliphatic heterocycles. The lowest BCUT2D eigenvalue weighted by Gasteiger charge is -2.34. The third-order valence-electron chi connectivity index (χ3n) is 4.62. The van der Waals surface area contributed by atoms with Crippen LogP contribution in [-0.4, -0.2) is 51.0 Å². The standard InChI is InChI=1S/C18H20F2N4O2/c1-12-3-4-14(9-13(12)2)10-22-7-8-23(11-16(22)25)17(26)15-5-6-21-24(15)18(19)20/h3-6,9,18H,7-8,10-11H2,1-2H3. The van der Waals surface area contributed by atoms with Crippen molar-refractivity contribution in [3.63, 3.8) is 0 Å². The van der Waals surface area contributed by atoms with Crippen LogP contribution in [-0.2, 0) is 11.3 Å². The molecule has 0 N–H and O–H groups in total. The average molecular weight is 362 g/mol. The summed E-state index contributed by atoms with van der Waals surface area (Å²) in [6, 6.07) is 7.27. The number of hydrogen-bond acceptors (Lipinski definition) is 3. The summed E-state index contributed by atoms with van der Waals surface area (Å²) < 4.78 is 26.1. The van der Waals surface area contributed by atoms with Gasteiger partial charge in [-0.3, -0.25) is 9.59 Å². The van der Waals surface area contributed by atoms with Gasteiger partial charge >= 0.3 is 6.55 Å². The second-order valence-corrected chi connectivity index (χ2v) is 6.40. The molecule has 0 aliphatic carbocycles. The largest absolute Gasteiger partial charge is 0.335 e. The molecule has 2 heterocycles. The van der Waals surface area contributed by atoms with E-state index in [0.717, 1.165) is 17.3 Å². The van der Waals surface area contributed by atoms with E-state index in [-0.39, 0.29) is 18.1 Å². The van der Waals surface area contributed by atoms with Crippen molar-refractivity contribution in [2.24, 2.45) is 0 Å². The Bertz CT molecular complexity index is 834. The third-order valence-corrected chi connectivity index (χ3v) is 4.62. The number of rotatable bonds is 4. The molecular formula is C18H20F2N4O2. The van der Waals surface area contributed by atoms with E-state index < -0.39 is 12.5 Å². The lowest BCUT2D eigenvalue weighted by Crippen LogP contribution is -2.52. The summed E-state index contributed by atoms with van der Waals surface area (Å²) in [6.45, 7) is 2.15. The minimum absolute atomic E-state index is 0.127. The molecule has 1 aromatic heterocycles. The van der Waals surface area contributed by atoms with Crippen molar-refractivity contribution in [1.82, 2.24) is 19.6 Å². The average Bonchev–Trinajstić information content (AvgIpc) is 3.09. The van der Waals surface area contributed by atoms with Gasteiger partial charge in [-0.25, -0.2) is 0 Å². The summed E-state index contributed by atoms with van der Waals surface area (Å²) >= 11 is 0. The first-order valence-corrected chi connectivity index (χ1v) is 8.31. The third kappa shape index (κ3) is 3.58. The number of piperazine rings is 1. The fourth-order valence-corrected chi connectivity index (χ4v) is 2.97. The number of benzene rings is 1. The zero-order chi connectivity index (χ0) is 18.8. The Labute approximate surface area is 150 Å². The summed E-state index contributed by atoms with van der Waals surface area (Å²) in [6.07, 6.45) is 1.15. The fraction of sp³-hybridized carbons (Fsp3) is 0.389. The molecule has 26 heavy (non-hydrogen) atoms. The molecule has 1 saturated heterocycles. The van der Waals surface area contributed by atoms with Crippen LogP contribution in [0.4, 0.5) is 8.78 Å². The van der Waals surface area contributed by atoms with Gasteiger partial charge in [0, 0.05) is 25.8 Å². The predicted octanol–water partition coefficient (Wildman–Crippen LogP) is 2.38. The van der Waals surface area contributed by atoms with E-state index in [0.29, 0.717) is 24.3 Å². The molecule has 3 rings (SSSR count). The molecule has 0 saturated carbocycles. The van der Waals surface area contributed by atoms with Crippen LogP contribution in [0.25, 0.3) is 0 Å². The number of amides is 2. The highest BCUT2D eigenvalue weighted by molar-refractivity contribution is 5.95. The van der Waals surface area contributed by atoms with Crippen LogP contribution >= 0.6 is 0 Å². The molecule has 0 radical (unpaired) electrons. The van der Waals surface area contributed by atoms with Gasteiger partial charge in [0.05, 0.1) is 0 Å². The van der Waals surface area contributed by atoms with Crippen LogP contribution in [0.1, 0.15) is 33.7 Å². The summed E-state index contributed by atoms with van der Waals surface area (Å²) in [5.41, 5.74) is 3.16. The van der Waals surface area contributed by atoms with Crippen LogP contribution in [0.5, 0.6) is 0 Å². The minimum Gasteiger partial charge on any atom is -0.335 e. The molecule has 0 spiro atoms. The number of carbonyl (C=O) groups is 2. The lowest BCUT2D eigenvalue weighted by molar-refractivity contribution is -0.135. The van der Waals surface area contributed by atoms with Crippen molar-refractivity contribution in [1.29, 1.82) is 0 Å². The molecule has 0 atom stereocenters. The lowest BCUT2D eigenvalue weighted by atomic mass is 10.1. The minimum atomic E-state index is -2.90. The second-order valence-electron chi connectivity index (χ2n) is 6.40. The molecule has 0 bridgehead atoms. The van der Waals surface area contributed by atoms with Crippen LogP contribution in [0.3, 0.4) is 0 Å². The van der Waals surface area contributed by atoms with Gasteiger partial charge < -0.3 is 9.80 Å². The fourth-order valence-electron chi connectivity index (χ4n) is 2.97. The second kappa shape index (κ2) is 7.23. The van der Waals surface area contributed by atoms with Crippen molar-refractivity contribution in [2.75, 3.05) is 19.6 Å². The Balaban J connectivity index is 1.66. The van der Waals surface area contributed by atoms with Crippen molar-refractivity contribution in [2.45, 2.75) is 26.9 Å². The Kier molecular flexibility index (Phi) is 5.01. The molecule has 8 heteroatoms. The number of aryl methyl sites for hydroxylation is 2. The van der Waals surface area contributed by atoms with Crippen LogP contribution in [0.15, 0.2) is 30.5 Å². The van der Waals surface area contributed by atoms with Crippen molar-refractivity contribution < 1.29 is 18.4 Å².